The fourth-order valence-electron chi connectivity index (χ4n) is 4.88. The zero-order chi connectivity index (χ0) is 23.9. The molecule has 3 aromatic rings. The van der Waals surface area contributed by atoms with Crippen molar-refractivity contribution in [1.29, 1.82) is 0 Å². The number of hydrogen-bond acceptors (Lipinski definition) is 4. The van der Waals surface area contributed by atoms with Crippen molar-refractivity contribution in [3.05, 3.63) is 70.8 Å². The summed E-state index contributed by atoms with van der Waals surface area (Å²) in [5, 5.41) is 12.0. The number of aryl methyl sites for hydroxylation is 1. The van der Waals surface area contributed by atoms with Gasteiger partial charge in [-0.2, -0.15) is 0 Å². The van der Waals surface area contributed by atoms with Crippen LogP contribution in [0.2, 0.25) is 19.6 Å². The molecule has 33 heavy (non-hydrogen) atoms. The maximum atomic E-state index is 13.6. The van der Waals surface area contributed by atoms with Gasteiger partial charge in [0.2, 0.25) is 0 Å². The fraction of sp³-hybridized carbons (Fsp3) is 0.286. The Morgan fingerprint density at radius 3 is 2.30 bits per heavy atom. The largest absolute Gasteiger partial charge is 0.507 e. The Balaban J connectivity index is 2.02. The van der Waals surface area contributed by atoms with Crippen molar-refractivity contribution < 1.29 is 19.4 Å². The standard InChI is InChI=1S/C28H30O4Si/c1-17-12-13-25(30)23(15-17)22-16-24-19-9-6-7-10-20(19)27(31)26(24)28(33(3,4)5)21(22)11-8-14-32-18(2)29/h6-7,9-10,12-13,15-16,30H,8,11,14H2,1-5H3. The molecule has 5 heteroatoms. The Morgan fingerprint density at radius 1 is 0.939 bits per heavy atom. The Kier molecular flexibility index (Phi) is 6.02. The molecule has 0 bridgehead atoms. The molecule has 1 aliphatic carbocycles. The van der Waals surface area contributed by atoms with Crippen molar-refractivity contribution in [3.63, 3.8) is 0 Å². The predicted molar refractivity (Wildman–Crippen MR) is 135 cm³/mol. The minimum Gasteiger partial charge on any atom is -0.507 e. The SMILES string of the molecule is CC(=O)OCCCc1c(-c2cc(C)ccc2O)cc2c(c1[Si](C)(C)C)C(=O)c1ccccc1-2. The molecule has 0 amide bonds. The second-order valence-electron chi connectivity index (χ2n) is 9.79. The zero-order valence-electron chi connectivity index (χ0n) is 19.9. The molecular weight excluding hydrogens is 428 g/mol. The monoisotopic (exact) mass is 458 g/mol. The van der Waals surface area contributed by atoms with E-state index in [4.69, 9.17) is 4.74 Å². The van der Waals surface area contributed by atoms with E-state index in [1.807, 2.05) is 43.3 Å². The van der Waals surface area contributed by atoms with Crippen LogP contribution in [0.3, 0.4) is 0 Å². The fourth-order valence-corrected chi connectivity index (χ4v) is 7.04. The number of ether oxygens (including phenoxy) is 1. The number of esters is 1. The van der Waals surface area contributed by atoms with Gasteiger partial charge in [-0.05, 0) is 65.4 Å². The number of fused-ring (bicyclic) bond motifs is 3. The summed E-state index contributed by atoms with van der Waals surface area (Å²) in [4.78, 5) is 24.9. The van der Waals surface area contributed by atoms with Gasteiger partial charge in [0.05, 0.1) is 14.7 Å². The molecule has 0 radical (unpaired) electrons. The van der Waals surface area contributed by atoms with Gasteiger partial charge in [-0.3, -0.25) is 9.59 Å². The number of rotatable bonds is 6. The summed E-state index contributed by atoms with van der Waals surface area (Å²) in [7, 11) is -2.00. The van der Waals surface area contributed by atoms with E-state index in [2.05, 4.69) is 25.7 Å². The van der Waals surface area contributed by atoms with E-state index >= 15 is 0 Å². The maximum absolute atomic E-state index is 13.6. The summed E-state index contributed by atoms with van der Waals surface area (Å²) in [6.07, 6.45) is 1.31. The van der Waals surface area contributed by atoms with Crippen LogP contribution in [0.1, 0.15) is 40.4 Å². The second kappa shape index (κ2) is 8.63. The van der Waals surface area contributed by atoms with E-state index in [1.165, 1.54) is 6.92 Å². The Bertz CT molecular complexity index is 1270. The summed E-state index contributed by atoms with van der Waals surface area (Å²) < 4.78 is 5.20. The minimum absolute atomic E-state index is 0.0827. The molecule has 0 saturated carbocycles. The first kappa shape index (κ1) is 23.0. The summed E-state index contributed by atoms with van der Waals surface area (Å²) in [5.41, 5.74) is 7.33. The molecule has 3 aromatic carbocycles. The highest BCUT2D eigenvalue weighted by Gasteiger charge is 2.36. The van der Waals surface area contributed by atoms with Crippen LogP contribution in [-0.4, -0.2) is 31.5 Å². The van der Waals surface area contributed by atoms with Gasteiger partial charge in [0.1, 0.15) is 5.75 Å². The number of carbonyl (C=O) groups is 2. The minimum atomic E-state index is -2.00. The second-order valence-corrected chi connectivity index (χ2v) is 14.8. The summed E-state index contributed by atoms with van der Waals surface area (Å²) in [6, 6.07) is 15.5. The van der Waals surface area contributed by atoms with Crippen molar-refractivity contribution in [2.75, 3.05) is 6.61 Å². The number of ketones is 1. The van der Waals surface area contributed by atoms with Gasteiger partial charge in [0.15, 0.2) is 5.78 Å². The molecule has 0 aromatic heterocycles. The van der Waals surface area contributed by atoms with Gasteiger partial charge in [0, 0.05) is 23.6 Å². The summed E-state index contributed by atoms with van der Waals surface area (Å²) in [5.74, 6) is 0.0109. The lowest BCUT2D eigenvalue weighted by molar-refractivity contribution is -0.141. The van der Waals surface area contributed by atoms with Crippen LogP contribution in [0.25, 0.3) is 22.3 Å². The lowest BCUT2D eigenvalue weighted by Gasteiger charge is -2.27. The van der Waals surface area contributed by atoms with Gasteiger partial charge in [-0.15, -0.1) is 0 Å². The van der Waals surface area contributed by atoms with E-state index in [0.717, 1.165) is 49.7 Å². The number of carbonyl (C=O) groups excluding carboxylic acids is 2. The molecule has 0 atom stereocenters. The van der Waals surface area contributed by atoms with Gasteiger partial charge in [0.25, 0.3) is 0 Å². The first-order chi connectivity index (χ1) is 15.6. The summed E-state index contributed by atoms with van der Waals surface area (Å²) in [6.45, 7) is 10.5. The highest BCUT2D eigenvalue weighted by molar-refractivity contribution is 6.90. The lowest BCUT2D eigenvalue weighted by Crippen LogP contribution is -2.44. The Labute approximate surface area is 196 Å². The molecule has 0 heterocycles. The van der Waals surface area contributed by atoms with Crippen LogP contribution in [-0.2, 0) is 16.0 Å². The molecule has 0 saturated heterocycles. The number of hydrogen-bond donors (Lipinski definition) is 1. The average Bonchev–Trinajstić information content (AvgIpc) is 3.03. The third kappa shape index (κ3) is 4.25. The van der Waals surface area contributed by atoms with Gasteiger partial charge in [-0.1, -0.05) is 55.5 Å². The van der Waals surface area contributed by atoms with Crippen LogP contribution >= 0.6 is 0 Å². The van der Waals surface area contributed by atoms with Crippen molar-refractivity contribution >= 4 is 25.0 Å². The molecule has 0 spiro atoms. The molecule has 1 aliphatic rings. The lowest BCUT2D eigenvalue weighted by atomic mass is 9.90. The molecule has 4 rings (SSSR count). The summed E-state index contributed by atoms with van der Waals surface area (Å²) >= 11 is 0. The van der Waals surface area contributed by atoms with Gasteiger partial charge >= 0.3 is 5.97 Å². The topological polar surface area (TPSA) is 63.6 Å². The molecule has 4 nitrogen and oxygen atoms in total. The first-order valence-electron chi connectivity index (χ1n) is 11.4. The molecule has 0 fully saturated rings. The number of aromatic hydroxyl groups is 1. The van der Waals surface area contributed by atoms with Gasteiger partial charge in [-0.25, -0.2) is 0 Å². The van der Waals surface area contributed by atoms with Crippen molar-refractivity contribution in [1.82, 2.24) is 0 Å². The molecule has 0 aliphatic heterocycles. The predicted octanol–water partition coefficient (Wildman–Crippen LogP) is 5.62. The van der Waals surface area contributed by atoms with Crippen molar-refractivity contribution in [2.45, 2.75) is 46.3 Å². The normalized spacial score (nSPS) is 12.5. The van der Waals surface area contributed by atoms with E-state index in [0.29, 0.717) is 19.4 Å². The Hall–Kier alpha value is -3.18. The third-order valence-electron chi connectivity index (χ3n) is 6.19. The maximum Gasteiger partial charge on any atom is 0.302 e. The molecule has 0 unspecified atom stereocenters. The highest BCUT2D eigenvalue weighted by atomic mass is 28.3. The van der Waals surface area contributed by atoms with Crippen molar-refractivity contribution in [3.8, 4) is 28.0 Å². The average molecular weight is 459 g/mol. The van der Waals surface area contributed by atoms with E-state index in [1.54, 1.807) is 6.07 Å². The number of phenols is 1. The first-order valence-corrected chi connectivity index (χ1v) is 14.9. The van der Waals surface area contributed by atoms with Crippen LogP contribution in [0.15, 0.2) is 48.5 Å². The number of phenolic OH excluding ortho intramolecular Hbond substituents is 1. The molecule has 170 valence electrons. The van der Waals surface area contributed by atoms with Gasteiger partial charge < -0.3 is 9.84 Å². The van der Waals surface area contributed by atoms with Crippen LogP contribution in [0.4, 0.5) is 0 Å². The Morgan fingerprint density at radius 2 is 1.64 bits per heavy atom. The van der Waals surface area contributed by atoms with E-state index < -0.39 is 8.07 Å². The quantitative estimate of drug-likeness (QED) is 0.231. The van der Waals surface area contributed by atoms with Crippen LogP contribution in [0.5, 0.6) is 5.75 Å². The third-order valence-corrected chi connectivity index (χ3v) is 8.24. The van der Waals surface area contributed by atoms with E-state index in [-0.39, 0.29) is 17.5 Å². The number of benzene rings is 3. The zero-order valence-corrected chi connectivity index (χ0v) is 20.9. The molecular formula is C28H30O4Si. The highest BCUT2D eigenvalue weighted by Crippen LogP contribution is 2.42. The van der Waals surface area contributed by atoms with Crippen molar-refractivity contribution in [2.24, 2.45) is 0 Å². The van der Waals surface area contributed by atoms with E-state index in [9.17, 15) is 14.7 Å². The smallest absolute Gasteiger partial charge is 0.302 e. The molecule has 1 N–H and O–H groups in total. The van der Waals surface area contributed by atoms with Crippen LogP contribution < -0.4 is 5.19 Å². The van der Waals surface area contributed by atoms with Crippen LogP contribution in [0, 0.1) is 6.92 Å².